The van der Waals surface area contributed by atoms with Crippen LogP contribution in [0.4, 0.5) is 16.4 Å². The Morgan fingerprint density at radius 3 is 2.48 bits per heavy atom. The first-order valence-electron chi connectivity index (χ1n) is 14.1. The Balaban J connectivity index is 1.68. The first-order valence-corrected chi connectivity index (χ1v) is 15.2. The van der Waals surface area contributed by atoms with Crippen molar-refractivity contribution < 1.29 is 19.1 Å². The van der Waals surface area contributed by atoms with E-state index in [-0.39, 0.29) is 29.5 Å². The summed E-state index contributed by atoms with van der Waals surface area (Å²) in [5.41, 5.74) is 3.28. The quantitative estimate of drug-likeness (QED) is 0.149. The molecule has 4 rings (SSSR count). The zero-order valence-electron chi connectivity index (χ0n) is 24.8. The Bertz CT molecular complexity index is 1480. The van der Waals surface area contributed by atoms with Crippen LogP contribution in [0.5, 0.6) is 11.6 Å². The average molecular weight is 618 g/mol. The molecule has 0 spiro atoms. The SMILES string of the molecule is [C-]#[N+]c1c(CC2C(C)CC(C)CC2C)c2nc(NC(=O)C(C)Oc3ccc(C)cc3C)[nH]n2c1OC(=O)N(CCl)CCl. The number of rotatable bonds is 9. The summed E-state index contributed by atoms with van der Waals surface area (Å²) >= 11 is 11.7. The lowest BCUT2D eigenvalue weighted by atomic mass is 9.67. The number of hydrogen-bond donors (Lipinski definition) is 2. The summed E-state index contributed by atoms with van der Waals surface area (Å²) < 4.78 is 13.0. The largest absolute Gasteiger partial charge is 0.481 e. The maximum Gasteiger partial charge on any atom is 0.417 e. The van der Waals surface area contributed by atoms with Crippen molar-refractivity contribution in [1.29, 1.82) is 0 Å². The maximum absolute atomic E-state index is 13.1. The van der Waals surface area contributed by atoms with Crippen molar-refractivity contribution in [2.24, 2.45) is 23.7 Å². The first-order chi connectivity index (χ1) is 20.0. The number of nitrogens with zero attached hydrogens (tertiary/aromatic N) is 4. The summed E-state index contributed by atoms with van der Waals surface area (Å²) in [6.07, 6.45) is 1.15. The van der Waals surface area contributed by atoms with E-state index < -0.39 is 18.1 Å². The second-order valence-corrected chi connectivity index (χ2v) is 12.0. The molecule has 12 heteroatoms. The van der Waals surface area contributed by atoms with Gasteiger partial charge in [-0.15, -0.1) is 23.2 Å². The minimum atomic E-state index is -0.821. The highest BCUT2D eigenvalue weighted by Gasteiger charge is 2.35. The van der Waals surface area contributed by atoms with Gasteiger partial charge >= 0.3 is 6.09 Å². The van der Waals surface area contributed by atoms with Crippen LogP contribution in [-0.2, 0) is 11.2 Å². The molecular weight excluding hydrogens is 579 g/mol. The Morgan fingerprint density at radius 1 is 1.21 bits per heavy atom. The van der Waals surface area contributed by atoms with Gasteiger partial charge in [0.2, 0.25) is 11.8 Å². The standard InChI is InChI=1S/C30H38Cl2N6O4/c1-16-8-9-24(20(5)10-16)41-21(6)27(39)35-29-34-26-23(13-22-18(3)11-17(2)12-19(22)4)25(33-7)28(38(26)36-29)42-30(40)37(14-31)15-32/h8-10,17-19,21-22H,11-15H2,1-6H3,(H2,34,35,36,39). The number of alkyl halides is 2. The van der Waals surface area contributed by atoms with E-state index in [1.165, 1.54) is 4.52 Å². The van der Waals surface area contributed by atoms with Crippen molar-refractivity contribution in [2.45, 2.75) is 66.9 Å². The number of aromatic amines is 1. The molecule has 0 saturated heterocycles. The molecule has 2 N–H and O–H groups in total. The number of H-pyrrole nitrogens is 1. The predicted molar refractivity (Wildman–Crippen MR) is 164 cm³/mol. The summed E-state index contributed by atoms with van der Waals surface area (Å²) in [7, 11) is 0. The van der Waals surface area contributed by atoms with Gasteiger partial charge < -0.3 is 9.47 Å². The number of anilines is 1. The lowest BCUT2D eigenvalue weighted by Crippen LogP contribution is -2.32. The number of aryl methyl sites for hydroxylation is 2. The lowest BCUT2D eigenvalue weighted by Gasteiger charge is -2.38. The number of hydrogen-bond acceptors (Lipinski definition) is 5. The summed E-state index contributed by atoms with van der Waals surface area (Å²) in [6, 6.07) is 5.37. The van der Waals surface area contributed by atoms with Crippen LogP contribution in [0.25, 0.3) is 10.5 Å². The molecule has 10 nitrogen and oxygen atoms in total. The Kier molecular flexibility index (Phi) is 9.95. The molecule has 0 bridgehead atoms. The molecule has 2 aromatic heterocycles. The molecule has 42 heavy (non-hydrogen) atoms. The van der Waals surface area contributed by atoms with Gasteiger partial charge in [-0.25, -0.2) is 14.2 Å². The van der Waals surface area contributed by atoms with Crippen LogP contribution in [0.1, 0.15) is 57.2 Å². The number of fused-ring (bicyclic) bond motifs is 1. The van der Waals surface area contributed by atoms with E-state index >= 15 is 0 Å². The number of benzene rings is 1. The van der Waals surface area contributed by atoms with Crippen LogP contribution < -0.4 is 14.8 Å². The third-order valence-electron chi connectivity index (χ3n) is 8.15. The van der Waals surface area contributed by atoms with Gasteiger partial charge in [0.1, 0.15) is 17.8 Å². The van der Waals surface area contributed by atoms with Gasteiger partial charge in [-0.05, 0) is 75.3 Å². The Labute approximate surface area is 256 Å². The number of halogens is 2. The highest BCUT2D eigenvalue weighted by atomic mass is 35.5. The molecule has 3 atom stereocenters. The highest BCUT2D eigenvalue weighted by Crippen LogP contribution is 2.45. The average Bonchev–Trinajstić information content (AvgIpc) is 3.44. The molecular formula is C30H38Cl2N6O4. The number of carbonyl (C=O) groups excluding carboxylic acids is 2. The summed E-state index contributed by atoms with van der Waals surface area (Å²) in [4.78, 5) is 35.4. The van der Waals surface area contributed by atoms with Gasteiger partial charge in [0.05, 0.1) is 6.57 Å². The van der Waals surface area contributed by atoms with Gasteiger partial charge in [0.25, 0.3) is 11.6 Å². The van der Waals surface area contributed by atoms with E-state index in [4.69, 9.17) is 39.2 Å². The van der Waals surface area contributed by atoms with E-state index in [1.54, 1.807) is 6.92 Å². The van der Waals surface area contributed by atoms with E-state index in [0.29, 0.717) is 47.1 Å². The molecule has 2 heterocycles. The number of ether oxygens (including phenoxy) is 2. The lowest BCUT2D eigenvalue weighted by molar-refractivity contribution is -0.122. The van der Waals surface area contributed by atoms with E-state index in [9.17, 15) is 9.59 Å². The van der Waals surface area contributed by atoms with Gasteiger partial charge in [0.15, 0.2) is 11.8 Å². The van der Waals surface area contributed by atoms with Crippen LogP contribution in [-0.4, -0.2) is 49.6 Å². The van der Waals surface area contributed by atoms with Crippen molar-refractivity contribution in [3.05, 3.63) is 46.3 Å². The molecule has 0 aliphatic heterocycles. The number of amides is 2. The van der Waals surface area contributed by atoms with Gasteiger partial charge in [-0.3, -0.25) is 20.1 Å². The minimum absolute atomic E-state index is 0.0303. The third kappa shape index (κ3) is 6.63. The minimum Gasteiger partial charge on any atom is -0.481 e. The van der Waals surface area contributed by atoms with Crippen molar-refractivity contribution in [2.75, 3.05) is 17.3 Å². The van der Waals surface area contributed by atoms with Crippen LogP contribution >= 0.6 is 23.2 Å². The van der Waals surface area contributed by atoms with Gasteiger partial charge in [-0.1, -0.05) is 38.5 Å². The smallest absolute Gasteiger partial charge is 0.417 e. The molecule has 3 aromatic rings. The maximum atomic E-state index is 13.1. The number of nitrogens with one attached hydrogen (secondary N) is 2. The molecule has 1 saturated carbocycles. The normalized spacial score (nSPS) is 21.0. The number of carbonyl (C=O) groups is 2. The number of aromatic nitrogens is 3. The van der Waals surface area contributed by atoms with Gasteiger partial charge in [0, 0.05) is 5.56 Å². The first kappa shape index (κ1) is 31.5. The topological polar surface area (TPSA) is 105 Å². The van der Waals surface area contributed by atoms with Crippen LogP contribution in [0.15, 0.2) is 18.2 Å². The van der Waals surface area contributed by atoms with E-state index in [1.807, 2.05) is 32.0 Å². The fourth-order valence-electron chi connectivity index (χ4n) is 6.07. The Hall–Kier alpha value is -3.42. The summed E-state index contributed by atoms with van der Waals surface area (Å²) in [5.74, 6) is 2.11. The molecule has 1 aliphatic rings. The second-order valence-electron chi connectivity index (χ2n) is 11.5. The molecule has 1 aromatic carbocycles. The Morgan fingerprint density at radius 2 is 1.88 bits per heavy atom. The summed E-state index contributed by atoms with van der Waals surface area (Å²) in [6.45, 7) is 20.3. The zero-order valence-corrected chi connectivity index (χ0v) is 26.3. The second kappa shape index (κ2) is 13.3. The zero-order chi connectivity index (χ0) is 30.7. The van der Waals surface area contributed by atoms with Crippen molar-refractivity contribution in [3.8, 4) is 11.6 Å². The summed E-state index contributed by atoms with van der Waals surface area (Å²) in [5, 5.41) is 5.75. The van der Waals surface area contributed by atoms with Gasteiger partial charge in [-0.2, -0.15) is 4.98 Å². The highest BCUT2D eigenvalue weighted by molar-refractivity contribution is 6.21. The molecule has 0 radical (unpaired) electrons. The van der Waals surface area contributed by atoms with E-state index in [0.717, 1.165) is 28.9 Å². The molecule has 1 aliphatic carbocycles. The monoisotopic (exact) mass is 616 g/mol. The predicted octanol–water partition coefficient (Wildman–Crippen LogP) is 7.29. The molecule has 226 valence electrons. The van der Waals surface area contributed by atoms with Crippen LogP contribution in [0, 0.1) is 44.1 Å². The third-order valence-corrected chi connectivity index (χ3v) is 8.72. The van der Waals surface area contributed by atoms with Crippen molar-refractivity contribution in [3.63, 3.8) is 0 Å². The fourth-order valence-corrected chi connectivity index (χ4v) is 6.52. The molecule has 2 amide bonds. The fraction of sp³-hybridized carbons (Fsp3) is 0.533. The molecule has 1 fully saturated rings. The van der Waals surface area contributed by atoms with E-state index in [2.05, 4.69) is 41.0 Å². The van der Waals surface area contributed by atoms with Crippen molar-refractivity contribution >= 4 is 52.5 Å². The van der Waals surface area contributed by atoms with Crippen molar-refractivity contribution in [1.82, 2.24) is 19.5 Å². The van der Waals surface area contributed by atoms with Crippen LogP contribution in [0.3, 0.4) is 0 Å². The molecule has 3 unspecified atom stereocenters. The van der Waals surface area contributed by atoms with Crippen LogP contribution in [0.2, 0.25) is 0 Å².